The monoisotopic (exact) mass is 370 g/mol. The molecule has 2 aromatic rings. The number of ether oxygens (including phenoxy) is 2. The van der Waals surface area contributed by atoms with Crippen LogP contribution in [0.1, 0.15) is 16.1 Å². The van der Waals surface area contributed by atoms with Gasteiger partial charge in [-0.2, -0.15) is 5.26 Å². The summed E-state index contributed by atoms with van der Waals surface area (Å²) in [6, 6.07) is 3.91. The van der Waals surface area contributed by atoms with Crippen molar-refractivity contribution in [2.24, 2.45) is 0 Å². The molecule has 0 atom stereocenters. The first-order chi connectivity index (χ1) is 12.1. The molecule has 26 heavy (non-hydrogen) atoms. The zero-order valence-electron chi connectivity index (χ0n) is 12.9. The van der Waals surface area contributed by atoms with Gasteiger partial charge in [-0.15, -0.1) is 13.2 Å². The molecule has 0 saturated carbocycles. The maximum absolute atomic E-state index is 12.6. The number of nitrogens with zero attached hydrogens (tertiary/aromatic N) is 3. The van der Waals surface area contributed by atoms with E-state index in [9.17, 15) is 28.1 Å². The van der Waals surface area contributed by atoms with Crippen LogP contribution in [0.25, 0.3) is 5.69 Å². The zero-order chi connectivity index (χ0) is 19.6. The Labute approximate surface area is 143 Å². The summed E-state index contributed by atoms with van der Waals surface area (Å²) in [7, 11) is 0.992. The van der Waals surface area contributed by atoms with Gasteiger partial charge < -0.3 is 19.8 Å². The van der Waals surface area contributed by atoms with Gasteiger partial charge in [0, 0.05) is 18.3 Å². The van der Waals surface area contributed by atoms with E-state index in [0.29, 0.717) is 6.07 Å². The quantitative estimate of drug-likeness (QED) is 0.496. The maximum Gasteiger partial charge on any atom is 0.573 e. The zero-order valence-corrected chi connectivity index (χ0v) is 12.9. The molecule has 0 saturated heterocycles. The van der Waals surface area contributed by atoms with Crippen LogP contribution in [0.2, 0.25) is 0 Å². The molecule has 9 nitrogen and oxygen atoms in total. The molecular formula is C14H9F3N4O5. The number of carbonyl (C=O) groups is 1. The van der Waals surface area contributed by atoms with Gasteiger partial charge in [-0.05, 0) is 6.07 Å². The van der Waals surface area contributed by atoms with Gasteiger partial charge in [0.05, 0.1) is 29.0 Å². The normalized spacial score (nSPS) is 10.9. The van der Waals surface area contributed by atoms with Gasteiger partial charge in [-0.25, -0.2) is 4.79 Å². The van der Waals surface area contributed by atoms with Crippen LogP contribution in [0.5, 0.6) is 5.75 Å². The maximum atomic E-state index is 12.6. The Balaban J connectivity index is 2.81. The molecule has 0 spiro atoms. The van der Waals surface area contributed by atoms with Gasteiger partial charge >= 0.3 is 12.3 Å². The summed E-state index contributed by atoms with van der Waals surface area (Å²) in [5, 5.41) is 20.0. The second-order valence-corrected chi connectivity index (χ2v) is 4.74. The Hall–Kier alpha value is -3.75. The summed E-state index contributed by atoms with van der Waals surface area (Å²) in [5.74, 6) is -1.90. The fourth-order valence-corrected chi connectivity index (χ4v) is 2.12. The van der Waals surface area contributed by atoms with Crippen molar-refractivity contribution in [2.45, 2.75) is 6.36 Å². The number of methoxy groups -OCH3 is 1. The van der Waals surface area contributed by atoms with Crippen LogP contribution in [-0.2, 0) is 4.74 Å². The van der Waals surface area contributed by atoms with Crippen LogP contribution in [0.4, 0.5) is 24.5 Å². The molecule has 0 amide bonds. The number of carbonyl (C=O) groups excluding carboxylic acids is 1. The summed E-state index contributed by atoms with van der Waals surface area (Å²) in [5.41, 5.74) is 3.49. The lowest BCUT2D eigenvalue weighted by molar-refractivity contribution is -0.384. The molecule has 0 aliphatic rings. The second-order valence-electron chi connectivity index (χ2n) is 4.74. The van der Waals surface area contributed by atoms with Crippen LogP contribution in [0, 0.1) is 21.4 Å². The number of hydrogen-bond acceptors (Lipinski definition) is 7. The molecule has 0 aliphatic heterocycles. The number of nitro benzene ring substituents is 1. The first-order valence-electron chi connectivity index (χ1n) is 6.62. The predicted molar refractivity (Wildman–Crippen MR) is 79.6 cm³/mol. The summed E-state index contributed by atoms with van der Waals surface area (Å²) in [6.07, 6.45) is -4.16. The summed E-state index contributed by atoms with van der Waals surface area (Å²) in [4.78, 5) is 22.0. The van der Waals surface area contributed by atoms with Crippen LogP contribution < -0.4 is 10.5 Å². The first kappa shape index (κ1) is 18.6. The number of benzene rings is 1. The number of esters is 1. The van der Waals surface area contributed by atoms with Gasteiger partial charge in [0.15, 0.2) is 11.4 Å². The standard InChI is InChI=1S/C14H9F3N4O5/c1-25-13(22)12-11(19)7(5-18)6-20(12)9-4-8(21(23)24)2-3-10(9)26-14(15,16)17/h2-4,6H,19H2,1H3. The minimum absolute atomic E-state index is 0.241. The number of nitro groups is 1. The predicted octanol–water partition coefficient (Wildman–Crippen LogP) is 2.52. The largest absolute Gasteiger partial charge is 0.573 e. The average molecular weight is 370 g/mol. The number of alkyl halides is 3. The third-order valence-corrected chi connectivity index (χ3v) is 3.18. The molecule has 1 heterocycles. The number of non-ortho nitro benzene ring substituents is 1. The summed E-state index contributed by atoms with van der Waals surface area (Å²) < 4.78 is 47.0. The van der Waals surface area contributed by atoms with Crippen molar-refractivity contribution in [3.63, 3.8) is 0 Å². The smallest absolute Gasteiger partial charge is 0.464 e. The van der Waals surface area contributed by atoms with Crippen molar-refractivity contribution in [2.75, 3.05) is 12.8 Å². The molecule has 0 fully saturated rings. The topological polar surface area (TPSA) is 133 Å². The van der Waals surface area contributed by atoms with E-state index in [-0.39, 0.29) is 11.3 Å². The van der Waals surface area contributed by atoms with Crippen LogP contribution in [0.15, 0.2) is 24.4 Å². The molecule has 136 valence electrons. The van der Waals surface area contributed by atoms with Crippen LogP contribution in [0.3, 0.4) is 0 Å². The minimum Gasteiger partial charge on any atom is -0.464 e. The fraction of sp³-hybridized carbons (Fsp3) is 0.143. The van der Waals surface area contributed by atoms with Gasteiger partial charge in [-0.1, -0.05) is 0 Å². The number of aromatic nitrogens is 1. The Morgan fingerprint density at radius 1 is 1.42 bits per heavy atom. The van der Waals surface area contributed by atoms with Crippen LogP contribution in [-0.4, -0.2) is 28.9 Å². The van der Waals surface area contributed by atoms with Gasteiger partial charge in [-0.3, -0.25) is 10.1 Å². The number of halogens is 3. The highest BCUT2D eigenvalue weighted by Crippen LogP contribution is 2.35. The number of nitrogen functional groups attached to an aromatic ring is 1. The first-order valence-corrected chi connectivity index (χ1v) is 6.62. The Morgan fingerprint density at radius 2 is 2.08 bits per heavy atom. The van der Waals surface area contributed by atoms with E-state index in [1.165, 1.54) is 0 Å². The molecule has 0 bridgehead atoms. The van der Waals surface area contributed by atoms with Crippen molar-refractivity contribution in [3.05, 3.63) is 45.8 Å². The summed E-state index contributed by atoms with van der Waals surface area (Å²) in [6.45, 7) is 0. The number of hydrogen-bond donors (Lipinski definition) is 1. The number of rotatable bonds is 4. The molecule has 1 aromatic heterocycles. The molecule has 0 unspecified atom stereocenters. The molecule has 2 N–H and O–H groups in total. The molecule has 2 rings (SSSR count). The highest BCUT2D eigenvalue weighted by atomic mass is 19.4. The highest BCUT2D eigenvalue weighted by Gasteiger charge is 2.34. The molecule has 12 heteroatoms. The highest BCUT2D eigenvalue weighted by molar-refractivity contribution is 5.96. The van der Waals surface area contributed by atoms with Crippen LogP contribution >= 0.6 is 0 Å². The molecule has 0 aliphatic carbocycles. The van der Waals surface area contributed by atoms with Crippen molar-refractivity contribution < 1.29 is 32.4 Å². The SMILES string of the molecule is COC(=O)c1c(N)c(C#N)cn1-c1cc([N+](=O)[O-])ccc1OC(F)(F)F. The summed E-state index contributed by atoms with van der Waals surface area (Å²) >= 11 is 0. The Kier molecular flexibility index (Phi) is 4.74. The average Bonchev–Trinajstić information content (AvgIpc) is 2.89. The van der Waals surface area contributed by atoms with Gasteiger partial charge in [0.1, 0.15) is 6.07 Å². The minimum atomic E-state index is -5.10. The van der Waals surface area contributed by atoms with Gasteiger partial charge in [0.2, 0.25) is 0 Å². The molecule has 0 radical (unpaired) electrons. The lowest BCUT2D eigenvalue weighted by Gasteiger charge is -2.15. The lowest BCUT2D eigenvalue weighted by atomic mass is 10.2. The van der Waals surface area contributed by atoms with E-state index >= 15 is 0 Å². The van der Waals surface area contributed by atoms with E-state index in [4.69, 9.17) is 11.0 Å². The van der Waals surface area contributed by atoms with E-state index in [0.717, 1.165) is 30.0 Å². The van der Waals surface area contributed by atoms with E-state index in [2.05, 4.69) is 9.47 Å². The van der Waals surface area contributed by atoms with Crippen molar-refractivity contribution >= 4 is 17.3 Å². The van der Waals surface area contributed by atoms with E-state index in [1.807, 2.05) is 0 Å². The lowest BCUT2D eigenvalue weighted by Crippen LogP contribution is -2.19. The molecular weight excluding hydrogens is 361 g/mol. The Bertz CT molecular complexity index is 930. The van der Waals surface area contributed by atoms with Gasteiger partial charge in [0.25, 0.3) is 5.69 Å². The van der Waals surface area contributed by atoms with Crippen molar-refractivity contribution in [3.8, 4) is 17.5 Å². The fourth-order valence-electron chi connectivity index (χ4n) is 2.12. The molecule has 1 aromatic carbocycles. The number of nitrogens with two attached hydrogens (primary N) is 1. The van der Waals surface area contributed by atoms with Crippen molar-refractivity contribution in [1.82, 2.24) is 4.57 Å². The third kappa shape index (κ3) is 3.51. The van der Waals surface area contributed by atoms with Crippen molar-refractivity contribution in [1.29, 1.82) is 5.26 Å². The Morgan fingerprint density at radius 3 is 2.58 bits per heavy atom. The van der Waals surface area contributed by atoms with E-state index in [1.54, 1.807) is 6.07 Å². The number of anilines is 1. The number of nitriles is 1. The van der Waals surface area contributed by atoms with E-state index < -0.39 is 40.1 Å². The second kappa shape index (κ2) is 6.63. The third-order valence-electron chi connectivity index (χ3n) is 3.18.